The largest absolute Gasteiger partial charge is 0.497 e. The molecule has 0 aliphatic rings. The molecule has 0 saturated carbocycles. The molecule has 0 aliphatic heterocycles. The molecule has 0 heterocycles. The topological polar surface area (TPSA) is 9.23 Å². The first kappa shape index (κ1) is 10.1. The highest BCUT2D eigenvalue weighted by Crippen LogP contribution is 2.15. The van der Waals surface area contributed by atoms with Crippen LogP contribution >= 0.6 is 0 Å². The van der Waals surface area contributed by atoms with Crippen LogP contribution < -0.4 is 4.74 Å². The minimum atomic E-state index is 0.876. The standard InChI is InChI=1S/C12H13O/c1-3-4-5-7-11-8-6-9-12(10-11)13-2/h3-10H,1H2,2H3. The zero-order valence-electron chi connectivity index (χ0n) is 7.73. The van der Waals surface area contributed by atoms with Crippen molar-refractivity contribution in [3.8, 4) is 5.75 Å². The predicted molar refractivity (Wildman–Crippen MR) is 54.7 cm³/mol. The number of rotatable bonds is 5. The quantitative estimate of drug-likeness (QED) is 0.622. The summed E-state index contributed by atoms with van der Waals surface area (Å²) < 4.78 is 5.10. The molecule has 0 amide bonds. The average Bonchev–Trinajstić information content (AvgIpc) is 2.19. The first-order chi connectivity index (χ1) is 6.36. The van der Waals surface area contributed by atoms with Gasteiger partial charge >= 0.3 is 0 Å². The highest BCUT2D eigenvalue weighted by molar-refractivity contribution is 5.35. The molecule has 0 atom stereocenters. The Balaban J connectivity index is 2.46. The SMILES string of the molecule is [CH2][CH][CH][CH][CH]c1cccc(OC)c1. The van der Waals surface area contributed by atoms with Gasteiger partial charge in [0.25, 0.3) is 0 Å². The summed E-state index contributed by atoms with van der Waals surface area (Å²) >= 11 is 0. The lowest BCUT2D eigenvalue weighted by molar-refractivity contribution is 0.414. The fraction of sp³-hybridized carbons (Fsp3) is 0.0833. The molecule has 0 spiro atoms. The molecular weight excluding hydrogens is 160 g/mol. The van der Waals surface area contributed by atoms with Crippen molar-refractivity contribution in [2.45, 2.75) is 0 Å². The molecule has 1 aromatic rings. The van der Waals surface area contributed by atoms with E-state index in [-0.39, 0.29) is 0 Å². The second-order valence-electron chi connectivity index (χ2n) is 2.56. The van der Waals surface area contributed by atoms with Crippen LogP contribution in [0.3, 0.4) is 0 Å². The Morgan fingerprint density at radius 2 is 2.15 bits per heavy atom. The van der Waals surface area contributed by atoms with E-state index in [0.717, 1.165) is 11.3 Å². The molecule has 1 aromatic carbocycles. The Labute approximate surface area is 80.7 Å². The molecule has 0 N–H and O–H groups in total. The Hall–Kier alpha value is -0.980. The van der Waals surface area contributed by atoms with E-state index in [9.17, 15) is 0 Å². The predicted octanol–water partition coefficient (Wildman–Crippen LogP) is 2.69. The molecule has 67 valence electrons. The zero-order chi connectivity index (χ0) is 9.52. The molecule has 0 unspecified atom stereocenters. The monoisotopic (exact) mass is 173 g/mol. The van der Waals surface area contributed by atoms with Gasteiger partial charge in [-0.2, -0.15) is 0 Å². The number of unbranched alkanes of at least 4 members (excludes halogenated alkanes) is 2. The van der Waals surface area contributed by atoms with Gasteiger partial charge in [-0.1, -0.05) is 12.1 Å². The van der Waals surface area contributed by atoms with Crippen LogP contribution in [0.25, 0.3) is 0 Å². The Morgan fingerprint density at radius 3 is 2.85 bits per heavy atom. The van der Waals surface area contributed by atoms with Crippen molar-refractivity contribution in [2.75, 3.05) is 7.11 Å². The van der Waals surface area contributed by atoms with Crippen molar-refractivity contribution in [1.29, 1.82) is 0 Å². The minimum Gasteiger partial charge on any atom is -0.497 e. The maximum absolute atomic E-state index is 5.10. The van der Waals surface area contributed by atoms with E-state index in [4.69, 9.17) is 4.74 Å². The van der Waals surface area contributed by atoms with Gasteiger partial charge < -0.3 is 4.74 Å². The smallest absolute Gasteiger partial charge is 0.119 e. The second kappa shape index (κ2) is 5.63. The van der Waals surface area contributed by atoms with Crippen LogP contribution in [0.2, 0.25) is 0 Å². The summed E-state index contributed by atoms with van der Waals surface area (Å²) in [5.74, 6) is 0.876. The van der Waals surface area contributed by atoms with Gasteiger partial charge in [-0.25, -0.2) is 0 Å². The van der Waals surface area contributed by atoms with Gasteiger partial charge in [-0.3, -0.25) is 0 Å². The molecule has 1 nitrogen and oxygen atoms in total. The van der Waals surface area contributed by atoms with Crippen LogP contribution in [0.5, 0.6) is 5.75 Å². The second-order valence-corrected chi connectivity index (χ2v) is 2.56. The lowest BCUT2D eigenvalue weighted by Crippen LogP contribution is -1.87. The summed E-state index contributed by atoms with van der Waals surface area (Å²) in [6.45, 7) is 3.59. The number of methoxy groups -OCH3 is 1. The maximum atomic E-state index is 5.10. The van der Waals surface area contributed by atoms with Gasteiger partial charge in [-0.05, 0) is 50.3 Å². The average molecular weight is 173 g/mol. The van der Waals surface area contributed by atoms with E-state index in [1.807, 2.05) is 43.5 Å². The number of hydrogen-bond donors (Lipinski definition) is 0. The highest BCUT2D eigenvalue weighted by Gasteiger charge is 1.95. The van der Waals surface area contributed by atoms with E-state index in [1.165, 1.54) is 0 Å². The Morgan fingerprint density at radius 1 is 1.31 bits per heavy atom. The van der Waals surface area contributed by atoms with Crippen LogP contribution in [0.15, 0.2) is 24.3 Å². The molecule has 0 aliphatic carbocycles. The number of ether oxygens (including phenoxy) is 1. The third-order valence-corrected chi connectivity index (χ3v) is 1.63. The summed E-state index contributed by atoms with van der Waals surface area (Å²) in [7, 11) is 1.67. The van der Waals surface area contributed by atoms with Crippen molar-refractivity contribution < 1.29 is 4.74 Å². The lowest BCUT2D eigenvalue weighted by atomic mass is 10.1. The Bertz CT molecular complexity index is 243. The van der Waals surface area contributed by atoms with Crippen molar-refractivity contribution >= 4 is 0 Å². The van der Waals surface area contributed by atoms with Crippen molar-refractivity contribution in [2.24, 2.45) is 0 Å². The van der Waals surface area contributed by atoms with Crippen LogP contribution in [0, 0.1) is 32.6 Å². The third-order valence-electron chi connectivity index (χ3n) is 1.63. The molecule has 1 rings (SSSR count). The van der Waals surface area contributed by atoms with E-state index in [2.05, 4.69) is 6.92 Å². The fourth-order valence-electron chi connectivity index (χ4n) is 0.990. The van der Waals surface area contributed by atoms with Crippen molar-refractivity contribution in [3.05, 3.63) is 62.4 Å². The summed E-state index contributed by atoms with van der Waals surface area (Å²) in [4.78, 5) is 0. The number of hydrogen-bond acceptors (Lipinski definition) is 1. The van der Waals surface area contributed by atoms with Gasteiger partial charge in [0.15, 0.2) is 0 Å². The van der Waals surface area contributed by atoms with Crippen molar-refractivity contribution in [3.63, 3.8) is 0 Å². The third kappa shape index (κ3) is 3.49. The first-order valence-electron chi connectivity index (χ1n) is 4.13. The maximum Gasteiger partial charge on any atom is 0.119 e. The molecule has 5 radical (unpaired) electrons. The number of benzene rings is 1. The molecule has 0 aromatic heterocycles. The summed E-state index contributed by atoms with van der Waals surface area (Å²) in [6, 6.07) is 7.89. The zero-order valence-corrected chi connectivity index (χ0v) is 7.73. The Kier molecular flexibility index (Phi) is 4.37. The van der Waals surface area contributed by atoms with Gasteiger partial charge in [-0.15, -0.1) is 0 Å². The first-order valence-corrected chi connectivity index (χ1v) is 4.13. The summed E-state index contributed by atoms with van der Waals surface area (Å²) in [6.07, 6.45) is 7.59. The molecule has 0 bridgehead atoms. The van der Waals surface area contributed by atoms with Crippen LogP contribution in [0.4, 0.5) is 0 Å². The van der Waals surface area contributed by atoms with Gasteiger partial charge in [0.1, 0.15) is 5.75 Å². The summed E-state index contributed by atoms with van der Waals surface area (Å²) in [5.41, 5.74) is 1.12. The highest BCUT2D eigenvalue weighted by atomic mass is 16.5. The van der Waals surface area contributed by atoms with Gasteiger partial charge in [0.05, 0.1) is 7.11 Å². The molecule has 13 heavy (non-hydrogen) atoms. The van der Waals surface area contributed by atoms with E-state index < -0.39 is 0 Å². The van der Waals surface area contributed by atoms with E-state index in [1.54, 1.807) is 13.5 Å². The van der Waals surface area contributed by atoms with Gasteiger partial charge in [0, 0.05) is 0 Å². The molecule has 0 fully saturated rings. The van der Waals surface area contributed by atoms with Crippen LogP contribution in [-0.2, 0) is 0 Å². The van der Waals surface area contributed by atoms with Crippen molar-refractivity contribution in [1.82, 2.24) is 0 Å². The van der Waals surface area contributed by atoms with E-state index >= 15 is 0 Å². The van der Waals surface area contributed by atoms with Crippen LogP contribution in [-0.4, -0.2) is 7.11 Å². The van der Waals surface area contributed by atoms with Gasteiger partial charge in [0.2, 0.25) is 0 Å². The molecule has 1 heteroatoms. The lowest BCUT2D eigenvalue weighted by Gasteiger charge is -2.02. The normalized spacial score (nSPS) is 10.0. The summed E-state index contributed by atoms with van der Waals surface area (Å²) in [5, 5.41) is 0. The fourth-order valence-corrected chi connectivity index (χ4v) is 0.990. The molecule has 0 saturated heterocycles. The minimum absolute atomic E-state index is 0.876. The molecular formula is C12H13O. The van der Waals surface area contributed by atoms with E-state index in [0.29, 0.717) is 0 Å². The van der Waals surface area contributed by atoms with Crippen LogP contribution in [0.1, 0.15) is 5.56 Å².